The average molecular weight is 426 g/mol. The Labute approximate surface area is 176 Å². The molecule has 0 N–H and O–H groups in total. The minimum atomic E-state index is -4.54. The van der Waals surface area contributed by atoms with Gasteiger partial charge in [0.15, 0.2) is 0 Å². The number of rotatable bonds is 3. The van der Waals surface area contributed by atoms with Crippen molar-refractivity contribution in [1.82, 2.24) is 9.88 Å². The van der Waals surface area contributed by atoms with E-state index in [0.717, 1.165) is 17.2 Å². The van der Waals surface area contributed by atoms with E-state index in [0.29, 0.717) is 11.5 Å². The molecule has 0 aliphatic carbocycles. The van der Waals surface area contributed by atoms with E-state index >= 15 is 0 Å². The lowest BCUT2D eigenvalue weighted by Crippen LogP contribution is -2.57. The molecule has 0 saturated carbocycles. The van der Waals surface area contributed by atoms with Gasteiger partial charge < -0.3 is 14.4 Å². The van der Waals surface area contributed by atoms with Gasteiger partial charge in [-0.2, -0.15) is 13.2 Å². The lowest BCUT2D eigenvalue weighted by atomic mass is 9.86. The molecule has 5 rings (SSSR count). The summed E-state index contributed by atoms with van der Waals surface area (Å²) in [7, 11) is 0. The van der Waals surface area contributed by atoms with E-state index in [1.54, 1.807) is 4.90 Å². The van der Waals surface area contributed by atoms with Gasteiger partial charge in [0.25, 0.3) is 0 Å². The first-order valence-corrected chi connectivity index (χ1v) is 9.75. The van der Waals surface area contributed by atoms with Gasteiger partial charge in [0.1, 0.15) is 23.3 Å². The van der Waals surface area contributed by atoms with Crippen molar-refractivity contribution < 1.29 is 27.4 Å². The van der Waals surface area contributed by atoms with Gasteiger partial charge in [-0.25, -0.2) is 4.98 Å². The van der Waals surface area contributed by atoms with Crippen LogP contribution in [0.15, 0.2) is 66.7 Å². The normalized spacial score (nSPS) is 16.0. The van der Waals surface area contributed by atoms with Crippen molar-refractivity contribution in [3.05, 3.63) is 83.6 Å². The average Bonchev–Trinajstić information content (AvgIpc) is 2.73. The highest BCUT2D eigenvalue weighted by Gasteiger charge is 2.41. The van der Waals surface area contributed by atoms with Crippen LogP contribution in [0.2, 0.25) is 0 Å². The third-order valence-corrected chi connectivity index (χ3v) is 5.39. The molecule has 0 spiro atoms. The first-order chi connectivity index (χ1) is 14.9. The molecule has 0 atom stereocenters. The Bertz CT molecular complexity index is 1100. The summed E-state index contributed by atoms with van der Waals surface area (Å²) in [4.78, 5) is 18.5. The minimum absolute atomic E-state index is 0.0972. The van der Waals surface area contributed by atoms with E-state index in [-0.39, 0.29) is 24.9 Å². The molecular formula is C23H17F3N2O3. The quantitative estimate of drug-likeness (QED) is 0.613. The fraction of sp³-hybridized carbons (Fsp3) is 0.217. The van der Waals surface area contributed by atoms with Gasteiger partial charge in [-0.05, 0) is 18.2 Å². The molecule has 3 aromatic rings. The van der Waals surface area contributed by atoms with Gasteiger partial charge in [-0.15, -0.1) is 0 Å². The fourth-order valence-corrected chi connectivity index (χ4v) is 3.86. The van der Waals surface area contributed by atoms with Crippen LogP contribution in [0.4, 0.5) is 13.2 Å². The van der Waals surface area contributed by atoms with Gasteiger partial charge in [-0.1, -0.05) is 42.5 Å². The predicted octanol–water partition coefficient (Wildman–Crippen LogP) is 4.63. The molecular weight excluding hydrogens is 409 g/mol. The maximum absolute atomic E-state index is 13.3. The lowest BCUT2D eigenvalue weighted by molar-refractivity contribution is -0.142. The molecule has 1 fully saturated rings. The zero-order valence-electron chi connectivity index (χ0n) is 16.2. The second kappa shape index (κ2) is 7.30. The van der Waals surface area contributed by atoms with Gasteiger partial charge in [0, 0.05) is 17.2 Å². The Kier molecular flexibility index (Phi) is 4.57. The third-order valence-electron chi connectivity index (χ3n) is 5.39. The Morgan fingerprint density at radius 2 is 1.55 bits per heavy atom. The fourth-order valence-electron chi connectivity index (χ4n) is 3.86. The summed E-state index contributed by atoms with van der Waals surface area (Å²) in [6.45, 7) is 0.552. The van der Waals surface area contributed by atoms with E-state index < -0.39 is 23.9 Å². The maximum Gasteiger partial charge on any atom is 0.433 e. The van der Waals surface area contributed by atoms with Gasteiger partial charge in [-0.3, -0.25) is 4.79 Å². The van der Waals surface area contributed by atoms with Crippen molar-refractivity contribution in [3.8, 4) is 17.4 Å². The van der Waals surface area contributed by atoms with Crippen molar-refractivity contribution in [3.63, 3.8) is 0 Å². The molecule has 8 heteroatoms. The number of carbonyl (C=O) groups excluding carboxylic acids is 1. The minimum Gasteiger partial charge on any atom is -0.471 e. The summed E-state index contributed by atoms with van der Waals surface area (Å²) >= 11 is 0. The Morgan fingerprint density at radius 3 is 2.16 bits per heavy atom. The number of pyridine rings is 1. The third kappa shape index (κ3) is 3.58. The van der Waals surface area contributed by atoms with Crippen molar-refractivity contribution in [2.75, 3.05) is 13.1 Å². The van der Waals surface area contributed by atoms with Crippen LogP contribution in [0.5, 0.6) is 17.4 Å². The van der Waals surface area contributed by atoms with Crippen molar-refractivity contribution >= 4 is 5.91 Å². The van der Waals surface area contributed by atoms with Crippen LogP contribution in [-0.2, 0) is 11.0 Å². The van der Waals surface area contributed by atoms with Crippen molar-refractivity contribution in [2.45, 2.75) is 18.2 Å². The number of carbonyl (C=O) groups is 1. The van der Waals surface area contributed by atoms with E-state index in [4.69, 9.17) is 9.47 Å². The largest absolute Gasteiger partial charge is 0.471 e. The van der Waals surface area contributed by atoms with Gasteiger partial charge >= 0.3 is 6.18 Å². The Morgan fingerprint density at radius 1 is 0.935 bits per heavy atom. The van der Waals surface area contributed by atoms with Crippen molar-refractivity contribution in [1.29, 1.82) is 0 Å². The maximum atomic E-state index is 13.3. The molecule has 158 valence electrons. The highest BCUT2D eigenvalue weighted by molar-refractivity contribution is 5.90. The number of benzene rings is 2. The number of fused-ring (bicyclic) bond motifs is 2. The lowest BCUT2D eigenvalue weighted by Gasteiger charge is -2.41. The Hall–Kier alpha value is -3.55. The number of hydrogen-bond acceptors (Lipinski definition) is 4. The first-order valence-electron chi connectivity index (χ1n) is 9.75. The van der Waals surface area contributed by atoms with Gasteiger partial charge in [0.2, 0.25) is 11.8 Å². The molecule has 2 aliphatic heterocycles. The smallest absolute Gasteiger partial charge is 0.433 e. The Balaban J connectivity index is 1.31. The highest BCUT2D eigenvalue weighted by atomic mass is 19.4. The number of amides is 1. The monoisotopic (exact) mass is 426 g/mol. The number of aromatic nitrogens is 1. The standard InChI is InChI=1S/C23H17F3N2O3/c24-23(25,26)19-10-5-11-20(27-19)30-14-12-28(13-14)22(29)21-15-6-1-3-8-17(15)31-18-9-4-2-7-16(18)21/h1-11,14,21H,12-13H2. The molecule has 1 amide bonds. The van der Waals surface area contributed by atoms with E-state index in [9.17, 15) is 18.0 Å². The molecule has 0 unspecified atom stereocenters. The number of ether oxygens (including phenoxy) is 2. The number of alkyl halides is 3. The summed E-state index contributed by atoms with van der Waals surface area (Å²) in [6.07, 6.45) is -4.95. The van der Waals surface area contributed by atoms with Gasteiger partial charge in [0.05, 0.1) is 19.0 Å². The van der Waals surface area contributed by atoms with Crippen LogP contribution in [0, 0.1) is 0 Å². The summed E-state index contributed by atoms with van der Waals surface area (Å²) in [5, 5.41) is 0. The number of hydrogen-bond donors (Lipinski definition) is 0. The van der Waals surface area contributed by atoms with E-state index in [1.807, 2.05) is 48.5 Å². The summed E-state index contributed by atoms with van der Waals surface area (Å²) in [5.74, 6) is 0.574. The number of likely N-dealkylation sites (tertiary alicyclic amines) is 1. The van der Waals surface area contributed by atoms with Crippen molar-refractivity contribution in [2.24, 2.45) is 0 Å². The van der Waals surface area contributed by atoms with Crippen LogP contribution in [0.3, 0.4) is 0 Å². The number of para-hydroxylation sites is 2. The molecule has 1 saturated heterocycles. The zero-order chi connectivity index (χ0) is 21.6. The molecule has 5 nitrogen and oxygen atoms in total. The predicted molar refractivity (Wildman–Crippen MR) is 105 cm³/mol. The van der Waals surface area contributed by atoms with Crippen LogP contribution >= 0.6 is 0 Å². The molecule has 2 aliphatic rings. The van der Waals surface area contributed by atoms with E-state index in [1.165, 1.54) is 12.1 Å². The number of halogens is 3. The number of nitrogens with zero attached hydrogens (tertiary/aromatic N) is 2. The molecule has 0 bridgehead atoms. The molecule has 1 aromatic heterocycles. The molecule has 3 heterocycles. The molecule has 0 radical (unpaired) electrons. The summed E-state index contributed by atoms with van der Waals surface area (Å²) in [6, 6.07) is 18.3. The van der Waals surface area contributed by atoms with E-state index in [2.05, 4.69) is 4.98 Å². The first kappa shape index (κ1) is 19.4. The summed E-state index contributed by atoms with van der Waals surface area (Å²) in [5.41, 5.74) is 0.568. The van der Waals surface area contributed by atoms with Crippen LogP contribution in [0.1, 0.15) is 22.7 Å². The van der Waals surface area contributed by atoms with Crippen LogP contribution in [-0.4, -0.2) is 35.0 Å². The van der Waals surface area contributed by atoms with Crippen LogP contribution in [0.25, 0.3) is 0 Å². The highest BCUT2D eigenvalue weighted by Crippen LogP contribution is 2.45. The van der Waals surface area contributed by atoms with Crippen LogP contribution < -0.4 is 9.47 Å². The second-order valence-electron chi connectivity index (χ2n) is 7.45. The molecule has 31 heavy (non-hydrogen) atoms. The summed E-state index contributed by atoms with van der Waals surface area (Å²) < 4.78 is 50.0. The molecule has 2 aromatic carbocycles. The second-order valence-corrected chi connectivity index (χ2v) is 7.45. The zero-order valence-corrected chi connectivity index (χ0v) is 16.2. The SMILES string of the molecule is O=C(C1c2ccccc2Oc2ccccc21)N1CC(Oc2cccc(C(F)(F)F)n2)C1. The topological polar surface area (TPSA) is 51.7 Å².